The molecule has 5 nitrogen and oxygen atoms in total. The number of hydrogen-bond donors (Lipinski definition) is 0. The monoisotopic (exact) mass is 418 g/mol. The second-order valence-electron chi connectivity index (χ2n) is 6.65. The van der Waals surface area contributed by atoms with E-state index in [1.165, 1.54) is 10.9 Å². The van der Waals surface area contributed by atoms with Crippen molar-refractivity contribution < 1.29 is 4.74 Å². The van der Waals surface area contributed by atoms with Crippen molar-refractivity contribution >= 4 is 39.6 Å². The summed E-state index contributed by atoms with van der Waals surface area (Å²) in [5.74, 6) is 1.57. The molecular formula is C22H18N4OS2. The van der Waals surface area contributed by atoms with E-state index in [0.29, 0.717) is 0 Å². The SMILES string of the molecule is COc1ccccc1-c1nc(CSc2nnc3cc(C)c4ccccc4n23)cs1. The van der Waals surface area contributed by atoms with Gasteiger partial charge in [0.25, 0.3) is 0 Å². The lowest BCUT2D eigenvalue weighted by Crippen LogP contribution is -1.93. The van der Waals surface area contributed by atoms with Gasteiger partial charge in [-0.3, -0.25) is 4.40 Å². The standard InChI is InChI=1S/C22H18N4OS2/c1-14-11-20-24-25-22(26(20)18-9-5-3-7-16(14)18)29-13-15-12-28-21(23-15)17-8-4-6-10-19(17)27-2/h3-12H,13H2,1-2H3. The molecule has 0 spiro atoms. The van der Waals surface area contributed by atoms with Gasteiger partial charge in [0.05, 0.1) is 23.9 Å². The van der Waals surface area contributed by atoms with Crippen molar-refractivity contribution in [2.24, 2.45) is 0 Å². The minimum atomic E-state index is 0.731. The predicted molar refractivity (Wildman–Crippen MR) is 119 cm³/mol. The molecule has 5 rings (SSSR count). The zero-order valence-electron chi connectivity index (χ0n) is 16.0. The van der Waals surface area contributed by atoms with E-state index in [0.717, 1.165) is 44.1 Å². The number of fused-ring (bicyclic) bond motifs is 3. The Bertz CT molecular complexity index is 1330. The summed E-state index contributed by atoms with van der Waals surface area (Å²) in [6.07, 6.45) is 0. The summed E-state index contributed by atoms with van der Waals surface area (Å²) in [7, 11) is 1.69. The summed E-state index contributed by atoms with van der Waals surface area (Å²) in [6.45, 7) is 2.11. The zero-order valence-corrected chi connectivity index (χ0v) is 17.6. The summed E-state index contributed by atoms with van der Waals surface area (Å²) in [4.78, 5) is 4.81. The summed E-state index contributed by atoms with van der Waals surface area (Å²) in [6, 6.07) is 18.4. The fraction of sp³-hybridized carbons (Fsp3) is 0.136. The molecule has 3 heterocycles. The molecule has 0 saturated carbocycles. The number of pyridine rings is 1. The van der Waals surface area contributed by atoms with Crippen molar-refractivity contribution in [3.8, 4) is 16.3 Å². The Kier molecular flexibility index (Phi) is 4.69. The first-order chi connectivity index (χ1) is 14.2. The lowest BCUT2D eigenvalue weighted by Gasteiger charge is -2.07. The summed E-state index contributed by atoms with van der Waals surface area (Å²) < 4.78 is 7.59. The molecule has 0 atom stereocenters. The Labute approximate surface area is 176 Å². The highest BCUT2D eigenvalue weighted by molar-refractivity contribution is 7.98. The number of thioether (sulfide) groups is 1. The van der Waals surface area contributed by atoms with Crippen LogP contribution >= 0.6 is 23.1 Å². The summed E-state index contributed by atoms with van der Waals surface area (Å²) in [5, 5.41) is 14.0. The van der Waals surface area contributed by atoms with Crippen molar-refractivity contribution in [3.63, 3.8) is 0 Å². The first kappa shape index (κ1) is 18.1. The Balaban J connectivity index is 1.45. The van der Waals surface area contributed by atoms with Crippen molar-refractivity contribution in [2.45, 2.75) is 17.8 Å². The van der Waals surface area contributed by atoms with Crippen molar-refractivity contribution in [3.05, 3.63) is 71.2 Å². The number of aromatic nitrogens is 4. The largest absolute Gasteiger partial charge is 0.496 e. The number of methoxy groups -OCH3 is 1. The van der Waals surface area contributed by atoms with Crippen LogP contribution in [0.4, 0.5) is 0 Å². The smallest absolute Gasteiger partial charge is 0.196 e. The minimum Gasteiger partial charge on any atom is -0.496 e. The first-order valence-electron chi connectivity index (χ1n) is 9.18. The molecule has 0 radical (unpaired) electrons. The van der Waals surface area contributed by atoms with Crippen LogP contribution in [0, 0.1) is 6.92 Å². The summed E-state index contributed by atoms with van der Waals surface area (Å²) in [5.41, 5.74) is 5.25. The van der Waals surface area contributed by atoms with E-state index in [1.54, 1.807) is 30.2 Å². The third-order valence-electron chi connectivity index (χ3n) is 4.81. The van der Waals surface area contributed by atoms with Gasteiger partial charge >= 0.3 is 0 Å². The van der Waals surface area contributed by atoms with E-state index in [-0.39, 0.29) is 0 Å². The Morgan fingerprint density at radius 1 is 1.07 bits per heavy atom. The number of nitrogens with zero attached hydrogens (tertiary/aromatic N) is 4. The molecule has 3 aromatic heterocycles. The number of hydrogen-bond acceptors (Lipinski definition) is 6. The van der Waals surface area contributed by atoms with Crippen LogP contribution in [0.2, 0.25) is 0 Å². The second kappa shape index (κ2) is 7.50. The van der Waals surface area contributed by atoms with Gasteiger partial charge in [0.2, 0.25) is 0 Å². The maximum atomic E-state index is 5.47. The van der Waals surface area contributed by atoms with Gasteiger partial charge < -0.3 is 4.74 Å². The number of para-hydroxylation sites is 2. The highest BCUT2D eigenvalue weighted by Crippen LogP contribution is 2.33. The molecule has 0 bridgehead atoms. The van der Waals surface area contributed by atoms with Crippen LogP contribution in [-0.4, -0.2) is 26.7 Å². The molecule has 0 fully saturated rings. The van der Waals surface area contributed by atoms with Crippen LogP contribution in [0.3, 0.4) is 0 Å². The van der Waals surface area contributed by atoms with Crippen LogP contribution in [-0.2, 0) is 5.75 Å². The summed E-state index contributed by atoms with van der Waals surface area (Å²) >= 11 is 3.28. The molecule has 29 heavy (non-hydrogen) atoms. The highest BCUT2D eigenvalue weighted by Gasteiger charge is 2.14. The van der Waals surface area contributed by atoms with Gasteiger partial charge in [-0.1, -0.05) is 42.1 Å². The third-order valence-corrected chi connectivity index (χ3v) is 6.70. The molecule has 0 aliphatic carbocycles. The minimum absolute atomic E-state index is 0.731. The average molecular weight is 419 g/mol. The Morgan fingerprint density at radius 3 is 2.79 bits per heavy atom. The van der Waals surface area contributed by atoms with Crippen LogP contribution in [0.25, 0.3) is 27.1 Å². The van der Waals surface area contributed by atoms with Gasteiger partial charge in [-0.05, 0) is 36.8 Å². The fourth-order valence-corrected chi connectivity index (χ4v) is 5.22. The fourth-order valence-electron chi connectivity index (χ4n) is 3.42. The molecule has 0 aliphatic rings. The van der Waals surface area contributed by atoms with Crippen molar-refractivity contribution in [2.75, 3.05) is 7.11 Å². The normalized spacial score (nSPS) is 11.4. The topological polar surface area (TPSA) is 52.3 Å². The maximum absolute atomic E-state index is 5.47. The van der Waals surface area contributed by atoms with E-state index in [2.05, 4.69) is 57.2 Å². The first-order valence-corrected chi connectivity index (χ1v) is 11.0. The molecule has 0 N–H and O–H groups in total. The molecule has 0 aliphatic heterocycles. The van der Waals surface area contributed by atoms with Gasteiger partial charge in [-0.25, -0.2) is 4.98 Å². The van der Waals surface area contributed by atoms with Crippen LogP contribution in [0.1, 0.15) is 11.3 Å². The number of ether oxygens (including phenoxy) is 1. The molecule has 144 valence electrons. The van der Waals surface area contributed by atoms with Gasteiger partial charge in [-0.15, -0.1) is 21.5 Å². The Hall–Kier alpha value is -2.90. The zero-order chi connectivity index (χ0) is 19.8. The quantitative estimate of drug-likeness (QED) is 0.347. The van der Waals surface area contributed by atoms with Crippen molar-refractivity contribution in [1.29, 1.82) is 0 Å². The number of benzene rings is 2. The van der Waals surface area contributed by atoms with Crippen molar-refractivity contribution in [1.82, 2.24) is 19.6 Å². The highest BCUT2D eigenvalue weighted by atomic mass is 32.2. The van der Waals surface area contributed by atoms with Crippen LogP contribution in [0.15, 0.2) is 65.1 Å². The number of aryl methyl sites for hydroxylation is 1. The molecule has 2 aromatic carbocycles. The third kappa shape index (κ3) is 3.26. The predicted octanol–water partition coefficient (Wildman–Crippen LogP) is 5.62. The van der Waals surface area contributed by atoms with Gasteiger partial charge in [-0.2, -0.15) is 0 Å². The van der Waals surface area contributed by atoms with Gasteiger partial charge in [0.15, 0.2) is 10.8 Å². The van der Waals surface area contributed by atoms with Gasteiger partial charge in [0.1, 0.15) is 10.8 Å². The second-order valence-corrected chi connectivity index (χ2v) is 8.45. The molecule has 0 unspecified atom stereocenters. The molecule has 5 aromatic rings. The maximum Gasteiger partial charge on any atom is 0.196 e. The van der Waals surface area contributed by atoms with E-state index < -0.39 is 0 Å². The molecule has 0 amide bonds. The van der Waals surface area contributed by atoms with Crippen LogP contribution < -0.4 is 4.74 Å². The van der Waals surface area contributed by atoms with E-state index >= 15 is 0 Å². The van der Waals surface area contributed by atoms with E-state index in [1.807, 2.05) is 24.3 Å². The van der Waals surface area contributed by atoms with E-state index in [4.69, 9.17) is 9.72 Å². The number of thiazole rings is 1. The average Bonchev–Trinajstić information content (AvgIpc) is 3.39. The Morgan fingerprint density at radius 2 is 1.90 bits per heavy atom. The lowest BCUT2D eigenvalue weighted by atomic mass is 10.1. The van der Waals surface area contributed by atoms with Gasteiger partial charge in [0, 0.05) is 16.5 Å². The molecular weight excluding hydrogens is 400 g/mol. The molecule has 7 heteroatoms. The van der Waals surface area contributed by atoms with Crippen LogP contribution in [0.5, 0.6) is 5.75 Å². The number of rotatable bonds is 5. The van der Waals surface area contributed by atoms with E-state index in [9.17, 15) is 0 Å². The lowest BCUT2D eigenvalue weighted by molar-refractivity contribution is 0.416. The molecule has 0 saturated heterocycles.